The fraction of sp³-hybridized carbons (Fsp3) is 0.778. The fourth-order valence-electron chi connectivity index (χ4n) is 3.03. The number of aliphatic carboxylic acids is 2. The molecule has 0 fully saturated rings. The Labute approximate surface area is 163 Å². The summed E-state index contributed by atoms with van der Waals surface area (Å²) in [7, 11) is 0. The summed E-state index contributed by atoms with van der Waals surface area (Å²) in [5, 5.41) is 29.8. The van der Waals surface area contributed by atoms with Crippen molar-refractivity contribution in [2.24, 2.45) is 11.8 Å². The van der Waals surface area contributed by atoms with E-state index >= 15 is 0 Å². The molecule has 0 aromatic heterocycles. The number of carbonyl (C=O) groups excluding carboxylic acids is 1. The van der Waals surface area contributed by atoms with Gasteiger partial charge in [0.25, 0.3) is 0 Å². The third kappa shape index (κ3) is 11.4. The Bertz CT molecular complexity index is 392. The minimum Gasteiger partial charge on any atom is -0.550 e. The number of carbonyl (C=O) groups is 2. The Hall–Kier alpha value is -0.803. The van der Waals surface area contributed by atoms with Crippen molar-refractivity contribution in [1.29, 1.82) is 0 Å². The monoisotopic (exact) mass is 350 g/mol. The smallest absolute Gasteiger partial charge is 0.550 e. The first-order valence-corrected chi connectivity index (χ1v) is 8.82. The van der Waals surface area contributed by atoms with E-state index in [1.807, 2.05) is 0 Å². The number of hydrogen-bond acceptors (Lipinski definition) is 4. The van der Waals surface area contributed by atoms with Gasteiger partial charge in [-0.25, -0.2) is 0 Å². The zero-order valence-corrected chi connectivity index (χ0v) is 16.2. The van der Waals surface area contributed by atoms with Gasteiger partial charge in [-0.15, -0.1) is 0 Å². The van der Waals surface area contributed by atoms with Crippen LogP contribution in [-0.4, -0.2) is 59.4 Å². The van der Waals surface area contributed by atoms with Crippen molar-refractivity contribution in [2.45, 2.75) is 46.5 Å². The van der Waals surface area contributed by atoms with Crippen LogP contribution in [0.3, 0.4) is 0 Å². The van der Waals surface area contributed by atoms with Gasteiger partial charge in [-0.05, 0) is 19.8 Å². The van der Waals surface area contributed by atoms with E-state index in [4.69, 9.17) is 0 Å². The number of hydrogen-bond donors (Lipinski definition) is 2. The number of aliphatic hydroxyl groups is 1. The van der Waals surface area contributed by atoms with Crippen molar-refractivity contribution in [3.8, 4) is 0 Å². The maximum absolute atomic E-state index is 11.2. The summed E-state index contributed by atoms with van der Waals surface area (Å²) in [5.41, 5.74) is 0. The van der Waals surface area contributed by atoms with E-state index in [-0.39, 0.29) is 32.0 Å². The van der Waals surface area contributed by atoms with E-state index in [0.29, 0.717) is 24.1 Å². The maximum Gasteiger partial charge on any atom is 1.00 e. The second-order valence-corrected chi connectivity index (χ2v) is 6.74. The van der Waals surface area contributed by atoms with Crippen molar-refractivity contribution in [1.82, 2.24) is 0 Å². The zero-order chi connectivity index (χ0) is 18.6. The minimum atomic E-state index is -1.14. The summed E-state index contributed by atoms with van der Waals surface area (Å²) in [6.45, 7) is 6.80. The molecule has 6 nitrogen and oxygen atoms in total. The Morgan fingerprint density at radius 2 is 1.64 bits per heavy atom. The van der Waals surface area contributed by atoms with Gasteiger partial charge in [-0.3, -0.25) is 4.79 Å². The molecule has 0 amide bonds. The number of aliphatic hydroxyl groups excluding tert-OH is 1. The van der Waals surface area contributed by atoms with Crippen LogP contribution in [0.5, 0.6) is 0 Å². The molecule has 0 radical (unpaired) electrons. The number of unbranched alkanes of at least 4 members (excludes halogenated alkanes) is 2. The molecule has 0 heterocycles. The first kappa shape index (κ1) is 26.4. The number of nitrogens with zero attached hydrogens (tertiary/aromatic N) is 1. The first-order valence-electron chi connectivity index (χ1n) is 8.82. The van der Waals surface area contributed by atoms with E-state index in [1.165, 1.54) is 0 Å². The topological polar surface area (TPSA) is 97.7 Å². The predicted molar refractivity (Wildman–Crippen MR) is 91.1 cm³/mol. The molecule has 140 valence electrons. The van der Waals surface area contributed by atoms with Crippen LogP contribution in [0.4, 0.5) is 0 Å². The number of carboxylic acid groups (broad SMARTS) is 2. The van der Waals surface area contributed by atoms with Gasteiger partial charge >= 0.3 is 24.8 Å². The second kappa shape index (κ2) is 14.4. The van der Waals surface area contributed by atoms with Crippen molar-refractivity contribution >= 4 is 11.9 Å². The third-order valence-electron chi connectivity index (χ3n) is 4.35. The van der Waals surface area contributed by atoms with Crippen LogP contribution >= 0.6 is 0 Å². The second-order valence-electron chi connectivity index (χ2n) is 6.74. The number of allylic oxidation sites excluding steroid dienone is 2. The van der Waals surface area contributed by atoms with Crippen LogP contribution in [0, 0.1) is 11.8 Å². The van der Waals surface area contributed by atoms with Gasteiger partial charge in [0.2, 0.25) is 0 Å². The molecule has 0 aromatic rings. The van der Waals surface area contributed by atoms with E-state index in [2.05, 4.69) is 19.1 Å². The van der Waals surface area contributed by atoms with Crippen LogP contribution in [0.25, 0.3) is 0 Å². The molecule has 3 unspecified atom stereocenters. The molecule has 3 atom stereocenters. The SMILES string of the molecule is CCC/C=C/CCC[N+](CCO)(CC(C)C(=O)[O-])CC(C)C(=O)O.[Li+]. The quantitative estimate of drug-likeness (QED) is 0.164. The number of rotatable bonds is 14. The van der Waals surface area contributed by atoms with Gasteiger partial charge in [-0.1, -0.05) is 32.4 Å². The minimum absolute atomic E-state index is 0. The molecule has 0 aromatic carbocycles. The standard InChI is InChI=1S/C18H33NO5.Li/c1-4-5-6-7-8-9-10-19(11-12-20,13-15(2)17(21)22)14-16(3)18(23)24;/h6-7,15-16,20H,4-5,8-14H2,1-3H3,(H-,21,22,23,24);/q;+1/b7-6+;. The Morgan fingerprint density at radius 1 is 1.08 bits per heavy atom. The Kier molecular flexibility index (Phi) is 15.2. The van der Waals surface area contributed by atoms with Crippen LogP contribution in [-0.2, 0) is 9.59 Å². The van der Waals surface area contributed by atoms with Gasteiger partial charge in [0.05, 0.1) is 26.2 Å². The summed E-state index contributed by atoms with van der Waals surface area (Å²) in [6, 6.07) is 0. The van der Waals surface area contributed by atoms with Crippen molar-refractivity contribution in [2.75, 3.05) is 32.8 Å². The molecule has 0 bridgehead atoms. The van der Waals surface area contributed by atoms with Gasteiger partial charge in [0, 0.05) is 18.3 Å². The van der Waals surface area contributed by atoms with Gasteiger partial charge in [-0.2, -0.15) is 0 Å². The fourth-order valence-corrected chi connectivity index (χ4v) is 3.03. The third-order valence-corrected chi connectivity index (χ3v) is 4.35. The molecule has 0 saturated heterocycles. The van der Waals surface area contributed by atoms with Crippen LogP contribution in [0.1, 0.15) is 46.5 Å². The van der Waals surface area contributed by atoms with E-state index in [0.717, 1.165) is 25.7 Å². The maximum atomic E-state index is 11.2. The average molecular weight is 350 g/mol. The number of quaternary nitrogens is 1. The van der Waals surface area contributed by atoms with Crippen molar-refractivity contribution in [3.05, 3.63) is 12.2 Å². The van der Waals surface area contributed by atoms with Crippen LogP contribution in [0.2, 0.25) is 0 Å². The van der Waals surface area contributed by atoms with Crippen molar-refractivity contribution in [3.63, 3.8) is 0 Å². The first-order chi connectivity index (χ1) is 11.3. The molecule has 0 rings (SSSR count). The van der Waals surface area contributed by atoms with E-state index in [9.17, 15) is 24.9 Å². The molecule has 2 N–H and O–H groups in total. The molecule has 0 spiro atoms. The Balaban J connectivity index is 0. The summed E-state index contributed by atoms with van der Waals surface area (Å²) < 4.78 is 0.292. The van der Waals surface area contributed by atoms with Crippen molar-refractivity contribution < 1.29 is 48.3 Å². The number of carboxylic acids is 2. The average Bonchev–Trinajstić information content (AvgIpc) is 2.50. The Morgan fingerprint density at radius 3 is 2.12 bits per heavy atom. The molecule has 0 aliphatic carbocycles. The largest absolute Gasteiger partial charge is 1.00 e. The van der Waals surface area contributed by atoms with E-state index < -0.39 is 23.8 Å². The molecular formula is C18H33LiNO5+. The predicted octanol–water partition coefficient (Wildman–Crippen LogP) is -1.96. The molecule has 0 aliphatic heterocycles. The molecule has 7 heteroatoms. The normalized spacial score (nSPS) is 16.0. The van der Waals surface area contributed by atoms with Gasteiger partial charge in [0.15, 0.2) is 0 Å². The summed E-state index contributed by atoms with van der Waals surface area (Å²) >= 11 is 0. The summed E-state index contributed by atoms with van der Waals surface area (Å²) in [6.07, 6.45) is 8.07. The van der Waals surface area contributed by atoms with Gasteiger partial charge in [0.1, 0.15) is 12.5 Å². The summed E-state index contributed by atoms with van der Waals surface area (Å²) in [4.78, 5) is 22.4. The van der Waals surface area contributed by atoms with Crippen LogP contribution < -0.4 is 24.0 Å². The zero-order valence-electron chi connectivity index (χ0n) is 16.2. The van der Waals surface area contributed by atoms with E-state index in [1.54, 1.807) is 13.8 Å². The molecule has 0 aliphatic rings. The van der Waals surface area contributed by atoms with Crippen LogP contribution in [0.15, 0.2) is 12.2 Å². The molecular weight excluding hydrogens is 317 g/mol. The van der Waals surface area contributed by atoms with Gasteiger partial charge < -0.3 is 24.6 Å². The molecule has 0 saturated carbocycles. The summed E-state index contributed by atoms with van der Waals surface area (Å²) in [5.74, 6) is -3.32. The molecule has 25 heavy (non-hydrogen) atoms.